The Balaban J connectivity index is 1.82. The highest BCUT2D eigenvalue weighted by molar-refractivity contribution is 5.89. The first kappa shape index (κ1) is 12.4. The van der Waals surface area contributed by atoms with Crippen LogP contribution in [0.1, 0.15) is 51.9 Å². The van der Waals surface area contributed by atoms with Crippen molar-refractivity contribution in [1.82, 2.24) is 10.2 Å². The van der Waals surface area contributed by atoms with Crippen molar-refractivity contribution in [2.75, 3.05) is 7.11 Å². The highest BCUT2D eigenvalue weighted by Gasteiger charge is 2.54. The smallest absolute Gasteiger partial charge is 0.244 e. The van der Waals surface area contributed by atoms with E-state index in [0.29, 0.717) is 5.91 Å². The van der Waals surface area contributed by atoms with Crippen molar-refractivity contribution < 1.29 is 9.53 Å². The maximum absolute atomic E-state index is 12.8. The van der Waals surface area contributed by atoms with Crippen LogP contribution >= 0.6 is 0 Å². The molecule has 0 bridgehead atoms. The molecule has 18 heavy (non-hydrogen) atoms. The Hall–Kier alpha value is -0.610. The number of nitrogens with one attached hydrogen (secondary N) is 1. The molecule has 1 heterocycles. The van der Waals surface area contributed by atoms with Crippen LogP contribution in [0.15, 0.2) is 0 Å². The van der Waals surface area contributed by atoms with Crippen molar-refractivity contribution >= 4 is 5.91 Å². The van der Waals surface area contributed by atoms with Gasteiger partial charge in [-0.15, -0.1) is 0 Å². The van der Waals surface area contributed by atoms with Crippen molar-refractivity contribution in [2.45, 2.75) is 75.7 Å². The van der Waals surface area contributed by atoms with Gasteiger partial charge in [0, 0.05) is 7.11 Å². The minimum Gasteiger partial charge on any atom is -0.379 e. The van der Waals surface area contributed by atoms with Gasteiger partial charge in [0.05, 0.1) is 23.9 Å². The van der Waals surface area contributed by atoms with E-state index in [1.165, 1.54) is 19.3 Å². The maximum atomic E-state index is 12.8. The summed E-state index contributed by atoms with van der Waals surface area (Å²) in [5, 5.41) is 3.57. The average Bonchev–Trinajstić information content (AvgIpc) is 3.02. The molecule has 2 aliphatic carbocycles. The van der Waals surface area contributed by atoms with Gasteiger partial charge < -0.3 is 9.64 Å². The molecule has 1 saturated heterocycles. The van der Waals surface area contributed by atoms with Crippen LogP contribution in [0.4, 0.5) is 0 Å². The summed E-state index contributed by atoms with van der Waals surface area (Å²) in [6.07, 6.45) is 8.12. The third-order valence-electron chi connectivity index (χ3n) is 5.08. The Kier molecular flexibility index (Phi) is 3.10. The summed E-state index contributed by atoms with van der Waals surface area (Å²) in [6.45, 7) is 2.12. The highest BCUT2D eigenvalue weighted by atomic mass is 16.5. The highest BCUT2D eigenvalue weighted by Crippen LogP contribution is 2.39. The summed E-state index contributed by atoms with van der Waals surface area (Å²) in [5.74, 6) is 0.335. The standard InChI is InChI=1S/C14H24N2O2/c1-10-15-14(8-3-4-9-14)13(17)16(10)11-6-5-7-12(11)18-2/h10-12,15H,3-9H2,1-2H3. The van der Waals surface area contributed by atoms with Crippen molar-refractivity contribution in [1.29, 1.82) is 0 Å². The molecule has 1 amide bonds. The molecule has 3 atom stereocenters. The van der Waals surface area contributed by atoms with Crippen LogP contribution < -0.4 is 5.32 Å². The molecule has 0 aromatic heterocycles. The number of carbonyl (C=O) groups is 1. The quantitative estimate of drug-likeness (QED) is 0.812. The lowest BCUT2D eigenvalue weighted by atomic mass is 9.97. The topological polar surface area (TPSA) is 41.6 Å². The van der Waals surface area contributed by atoms with Crippen molar-refractivity contribution in [2.24, 2.45) is 0 Å². The Labute approximate surface area is 109 Å². The van der Waals surface area contributed by atoms with Crippen molar-refractivity contribution in [3.63, 3.8) is 0 Å². The first-order chi connectivity index (χ1) is 8.68. The largest absolute Gasteiger partial charge is 0.379 e. The lowest BCUT2D eigenvalue weighted by molar-refractivity contribution is -0.137. The second kappa shape index (κ2) is 4.49. The van der Waals surface area contributed by atoms with E-state index in [9.17, 15) is 4.79 Å². The summed E-state index contributed by atoms with van der Waals surface area (Å²) >= 11 is 0. The van der Waals surface area contributed by atoms with Gasteiger partial charge in [0.2, 0.25) is 5.91 Å². The van der Waals surface area contributed by atoms with E-state index in [1.54, 1.807) is 7.11 Å². The first-order valence-electron chi connectivity index (χ1n) is 7.31. The summed E-state index contributed by atoms with van der Waals surface area (Å²) in [5.41, 5.74) is -0.236. The first-order valence-corrected chi connectivity index (χ1v) is 7.31. The number of carbonyl (C=O) groups excluding carboxylic acids is 1. The molecule has 0 radical (unpaired) electrons. The molecule has 4 nitrogen and oxygen atoms in total. The molecule has 1 spiro atoms. The second-order valence-corrected chi connectivity index (χ2v) is 6.09. The Morgan fingerprint density at radius 1 is 1.28 bits per heavy atom. The number of rotatable bonds is 2. The average molecular weight is 252 g/mol. The zero-order valence-corrected chi connectivity index (χ0v) is 11.4. The SMILES string of the molecule is COC1CCCC1N1C(=O)C2(CCCC2)NC1C. The summed E-state index contributed by atoms with van der Waals surface area (Å²) in [4.78, 5) is 14.9. The second-order valence-electron chi connectivity index (χ2n) is 6.09. The molecular weight excluding hydrogens is 228 g/mol. The predicted molar refractivity (Wildman–Crippen MR) is 69.1 cm³/mol. The van der Waals surface area contributed by atoms with Gasteiger partial charge in [0.15, 0.2) is 0 Å². The molecule has 3 rings (SSSR count). The van der Waals surface area contributed by atoms with Gasteiger partial charge in [-0.2, -0.15) is 0 Å². The molecule has 3 aliphatic rings. The number of hydrogen-bond acceptors (Lipinski definition) is 3. The van der Waals surface area contributed by atoms with Crippen LogP contribution in [0.5, 0.6) is 0 Å². The van der Waals surface area contributed by atoms with Crippen LogP contribution in [0.3, 0.4) is 0 Å². The van der Waals surface area contributed by atoms with Gasteiger partial charge in [0.1, 0.15) is 0 Å². The van der Waals surface area contributed by atoms with Crippen LogP contribution in [0.25, 0.3) is 0 Å². The predicted octanol–water partition coefficient (Wildman–Crippen LogP) is 1.64. The third kappa shape index (κ3) is 1.69. The number of amides is 1. The van der Waals surface area contributed by atoms with E-state index in [0.717, 1.165) is 25.7 Å². The lowest BCUT2D eigenvalue weighted by Crippen LogP contribution is -2.48. The monoisotopic (exact) mass is 252 g/mol. The maximum Gasteiger partial charge on any atom is 0.244 e. The molecule has 0 aromatic carbocycles. The fraction of sp³-hybridized carbons (Fsp3) is 0.929. The Morgan fingerprint density at radius 3 is 2.67 bits per heavy atom. The summed E-state index contributed by atoms with van der Waals surface area (Å²) < 4.78 is 5.56. The fourth-order valence-electron chi connectivity index (χ4n) is 4.23. The van der Waals surface area contributed by atoms with Crippen LogP contribution in [-0.2, 0) is 9.53 Å². The molecule has 1 N–H and O–H groups in total. The number of methoxy groups -OCH3 is 1. The molecule has 0 aromatic rings. The molecule has 3 unspecified atom stereocenters. The molecular formula is C14H24N2O2. The van der Waals surface area contributed by atoms with E-state index in [-0.39, 0.29) is 23.9 Å². The Bertz CT molecular complexity index is 339. The van der Waals surface area contributed by atoms with E-state index in [1.807, 2.05) is 0 Å². The molecule has 4 heteroatoms. The van der Waals surface area contributed by atoms with E-state index >= 15 is 0 Å². The Morgan fingerprint density at radius 2 is 2.00 bits per heavy atom. The van der Waals surface area contributed by atoms with Gasteiger partial charge in [-0.25, -0.2) is 0 Å². The molecule has 1 aliphatic heterocycles. The van der Waals surface area contributed by atoms with Crippen LogP contribution in [-0.4, -0.2) is 41.8 Å². The van der Waals surface area contributed by atoms with Crippen LogP contribution in [0, 0.1) is 0 Å². The summed E-state index contributed by atoms with van der Waals surface area (Å²) in [6, 6.07) is 0.282. The number of hydrogen-bond donors (Lipinski definition) is 1. The van der Waals surface area contributed by atoms with Gasteiger partial charge in [-0.05, 0) is 39.0 Å². The number of ether oxygens (including phenoxy) is 1. The number of nitrogens with zero attached hydrogens (tertiary/aromatic N) is 1. The summed E-state index contributed by atoms with van der Waals surface area (Å²) in [7, 11) is 1.77. The van der Waals surface area contributed by atoms with Crippen molar-refractivity contribution in [3.8, 4) is 0 Å². The zero-order chi connectivity index (χ0) is 12.8. The third-order valence-corrected chi connectivity index (χ3v) is 5.08. The van der Waals surface area contributed by atoms with Gasteiger partial charge >= 0.3 is 0 Å². The normalized spacial score (nSPS) is 39.1. The fourth-order valence-corrected chi connectivity index (χ4v) is 4.23. The molecule has 2 saturated carbocycles. The van der Waals surface area contributed by atoms with E-state index < -0.39 is 0 Å². The van der Waals surface area contributed by atoms with E-state index in [2.05, 4.69) is 17.1 Å². The van der Waals surface area contributed by atoms with Crippen molar-refractivity contribution in [3.05, 3.63) is 0 Å². The minimum atomic E-state index is -0.236. The molecule has 102 valence electrons. The molecule has 3 fully saturated rings. The zero-order valence-electron chi connectivity index (χ0n) is 11.4. The minimum absolute atomic E-state index is 0.163. The van der Waals surface area contributed by atoms with Gasteiger partial charge in [0.25, 0.3) is 0 Å². The van der Waals surface area contributed by atoms with Gasteiger partial charge in [-0.3, -0.25) is 10.1 Å². The lowest BCUT2D eigenvalue weighted by Gasteiger charge is -2.32. The van der Waals surface area contributed by atoms with Crippen LogP contribution in [0.2, 0.25) is 0 Å². The van der Waals surface area contributed by atoms with Gasteiger partial charge in [-0.1, -0.05) is 12.8 Å². The van der Waals surface area contributed by atoms with E-state index in [4.69, 9.17) is 4.74 Å².